The molecule has 1 aliphatic carbocycles. The summed E-state index contributed by atoms with van der Waals surface area (Å²) in [6.45, 7) is 0.753. The van der Waals surface area contributed by atoms with Crippen molar-refractivity contribution in [1.29, 1.82) is 0 Å². The second-order valence-electron chi connectivity index (χ2n) is 3.74. The normalized spacial score (nSPS) is 16.7. The van der Waals surface area contributed by atoms with Crippen LogP contribution in [-0.4, -0.2) is 6.04 Å². The third-order valence-electron chi connectivity index (χ3n) is 2.69. The van der Waals surface area contributed by atoms with Crippen LogP contribution in [-0.2, 0) is 6.54 Å². The Balaban J connectivity index is 1.96. The van der Waals surface area contributed by atoms with Crippen molar-refractivity contribution >= 4 is 15.9 Å². The van der Waals surface area contributed by atoms with Gasteiger partial charge in [0.05, 0.1) is 0 Å². The summed E-state index contributed by atoms with van der Waals surface area (Å²) in [5.74, 6) is -0.168. The fraction of sp³-hybridized carbons (Fsp3) is 0.455. The second-order valence-corrected chi connectivity index (χ2v) is 4.60. The number of rotatable bonds is 3. The molecular formula is C11H13BrFN. The molecule has 0 aromatic heterocycles. The maximum Gasteiger partial charge on any atom is 0.123 e. The first-order valence-electron chi connectivity index (χ1n) is 4.93. The Bertz CT molecular complexity index is 323. The first-order chi connectivity index (χ1) is 6.75. The summed E-state index contributed by atoms with van der Waals surface area (Å²) in [5.41, 5.74) is 0.997. The molecule has 1 aromatic carbocycles. The van der Waals surface area contributed by atoms with Gasteiger partial charge in [0.2, 0.25) is 0 Å². The minimum atomic E-state index is -0.168. The van der Waals surface area contributed by atoms with Gasteiger partial charge in [-0.25, -0.2) is 4.39 Å². The van der Waals surface area contributed by atoms with Gasteiger partial charge in [0.15, 0.2) is 0 Å². The van der Waals surface area contributed by atoms with Crippen molar-refractivity contribution in [2.75, 3.05) is 0 Å². The molecule has 0 saturated heterocycles. The molecule has 0 aliphatic heterocycles. The Labute approximate surface area is 91.8 Å². The highest BCUT2D eigenvalue weighted by Crippen LogP contribution is 2.21. The van der Waals surface area contributed by atoms with Crippen molar-refractivity contribution in [2.45, 2.75) is 31.8 Å². The summed E-state index contributed by atoms with van der Waals surface area (Å²) < 4.78 is 13.9. The van der Waals surface area contributed by atoms with Crippen LogP contribution in [0.5, 0.6) is 0 Å². The van der Waals surface area contributed by atoms with Crippen molar-refractivity contribution < 1.29 is 4.39 Å². The molecule has 2 rings (SSSR count). The van der Waals surface area contributed by atoms with Gasteiger partial charge >= 0.3 is 0 Å². The standard InChI is InChI=1S/C11H13BrFN/c12-11-5-4-9(13)6-8(11)7-14-10-2-1-3-10/h4-6,10,14H,1-3,7H2. The van der Waals surface area contributed by atoms with Crippen molar-refractivity contribution in [3.63, 3.8) is 0 Å². The Morgan fingerprint density at radius 3 is 2.86 bits per heavy atom. The van der Waals surface area contributed by atoms with Gasteiger partial charge in [0.25, 0.3) is 0 Å². The average molecular weight is 258 g/mol. The molecule has 0 spiro atoms. The Kier molecular flexibility index (Phi) is 3.19. The number of nitrogens with one attached hydrogen (secondary N) is 1. The summed E-state index contributed by atoms with van der Waals surface area (Å²) in [6.07, 6.45) is 3.84. The molecule has 0 bridgehead atoms. The maximum atomic E-state index is 12.9. The van der Waals surface area contributed by atoms with Gasteiger partial charge in [-0.15, -0.1) is 0 Å². The predicted octanol–water partition coefficient (Wildman–Crippen LogP) is 3.23. The predicted molar refractivity (Wildman–Crippen MR) is 58.6 cm³/mol. The summed E-state index contributed by atoms with van der Waals surface area (Å²) >= 11 is 3.41. The molecule has 0 atom stereocenters. The van der Waals surface area contributed by atoms with Gasteiger partial charge in [-0.2, -0.15) is 0 Å². The molecule has 76 valence electrons. The minimum Gasteiger partial charge on any atom is -0.310 e. The molecule has 1 N–H and O–H groups in total. The summed E-state index contributed by atoms with van der Waals surface area (Å²) in [7, 11) is 0. The molecule has 1 fully saturated rings. The number of halogens is 2. The molecule has 1 saturated carbocycles. The van der Waals surface area contributed by atoms with Crippen LogP contribution in [0.2, 0.25) is 0 Å². The lowest BCUT2D eigenvalue weighted by molar-refractivity contribution is 0.338. The van der Waals surface area contributed by atoms with E-state index in [9.17, 15) is 4.39 Å². The van der Waals surface area contributed by atoms with E-state index in [2.05, 4.69) is 21.2 Å². The van der Waals surface area contributed by atoms with Crippen LogP contribution < -0.4 is 5.32 Å². The fourth-order valence-electron chi connectivity index (χ4n) is 1.55. The van der Waals surface area contributed by atoms with Crippen molar-refractivity contribution in [3.05, 3.63) is 34.1 Å². The van der Waals surface area contributed by atoms with Crippen molar-refractivity contribution in [3.8, 4) is 0 Å². The van der Waals surface area contributed by atoms with E-state index in [0.29, 0.717) is 6.04 Å². The Morgan fingerprint density at radius 2 is 2.21 bits per heavy atom. The van der Waals surface area contributed by atoms with Crippen LogP contribution in [0.25, 0.3) is 0 Å². The number of hydrogen-bond donors (Lipinski definition) is 1. The van der Waals surface area contributed by atoms with Crippen molar-refractivity contribution in [2.24, 2.45) is 0 Å². The van der Waals surface area contributed by atoms with E-state index in [1.807, 2.05) is 0 Å². The van der Waals surface area contributed by atoms with E-state index in [1.165, 1.54) is 25.3 Å². The zero-order valence-electron chi connectivity index (χ0n) is 7.89. The average Bonchev–Trinajstić information content (AvgIpc) is 2.08. The first kappa shape index (κ1) is 10.1. The minimum absolute atomic E-state index is 0.168. The van der Waals surface area contributed by atoms with E-state index in [-0.39, 0.29) is 5.82 Å². The van der Waals surface area contributed by atoms with Crippen LogP contribution in [0.4, 0.5) is 4.39 Å². The summed E-state index contributed by atoms with van der Waals surface area (Å²) in [4.78, 5) is 0. The van der Waals surface area contributed by atoms with E-state index in [4.69, 9.17) is 0 Å². The molecule has 3 heteroatoms. The number of benzene rings is 1. The molecule has 0 radical (unpaired) electrons. The molecule has 0 amide bonds. The molecule has 1 aromatic rings. The lowest BCUT2D eigenvalue weighted by atomic mass is 9.93. The van der Waals surface area contributed by atoms with Gasteiger partial charge in [-0.05, 0) is 36.6 Å². The second kappa shape index (κ2) is 4.41. The largest absolute Gasteiger partial charge is 0.310 e. The zero-order chi connectivity index (χ0) is 9.97. The van der Waals surface area contributed by atoms with E-state index < -0.39 is 0 Å². The van der Waals surface area contributed by atoms with E-state index in [1.54, 1.807) is 12.1 Å². The maximum absolute atomic E-state index is 12.9. The highest BCUT2D eigenvalue weighted by molar-refractivity contribution is 9.10. The van der Waals surface area contributed by atoms with Gasteiger partial charge in [-0.1, -0.05) is 22.4 Å². The fourth-order valence-corrected chi connectivity index (χ4v) is 1.93. The smallest absolute Gasteiger partial charge is 0.123 e. The Hall–Kier alpha value is -0.410. The SMILES string of the molecule is Fc1ccc(Br)c(CNC2CCC2)c1. The quantitative estimate of drug-likeness (QED) is 0.877. The highest BCUT2D eigenvalue weighted by Gasteiger charge is 2.16. The lowest BCUT2D eigenvalue weighted by Crippen LogP contribution is -2.34. The van der Waals surface area contributed by atoms with Crippen LogP contribution >= 0.6 is 15.9 Å². The number of hydrogen-bond acceptors (Lipinski definition) is 1. The van der Waals surface area contributed by atoms with Crippen LogP contribution in [0.1, 0.15) is 24.8 Å². The van der Waals surface area contributed by atoms with Crippen LogP contribution in [0, 0.1) is 5.82 Å². The molecular weight excluding hydrogens is 245 g/mol. The van der Waals surface area contributed by atoms with Gasteiger partial charge < -0.3 is 5.32 Å². The topological polar surface area (TPSA) is 12.0 Å². The third-order valence-corrected chi connectivity index (χ3v) is 3.47. The highest BCUT2D eigenvalue weighted by atomic mass is 79.9. The third kappa shape index (κ3) is 2.34. The Morgan fingerprint density at radius 1 is 1.43 bits per heavy atom. The van der Waals surface area contributed by atoms with E-state index in [0.717, 1.165) is 16.6 Å². The molecule has 0 heterocycles. The van der Waals surface area contributed by atoms with Crippen LogP contribution in [0.15, 0.2) is 22.7 Å². The molecule has 1 nitrogen and oxygen atoms in total. The van der Waals surface area contributed by atoms with Crippen molar-refractivity contribution in [1.82, 2.24) is 5.32 Å². The molecule has 1 aliphatic rings. The molecule has 14 heavy (non-hydrogen) atoms. The van der Waals surface area contributed by atoms with Crippen LogP contribution in [0.3, 0.4) is 0 Å². The zero-order valence-corrected chi connectivity index (χ0v) is 9.48. The summed E-state index contributed by atoms with van der Waals surface area (Å²) in [6, 6.07) is 5.45. The van der Waals surface area contributed by atoms with Gasteiger partial charge in [0.1, 0.15) is 5.82 Å². The first-order valence-corrected chi connectivity index (χ1v) is 5.72. The lowest BCUT2D eigenvalue weighted by Gasteiger charge is -2.26. The van der Waals surface area contributed by atoms with E-state index >= 15 is 0 Å². The summed E-state index contributed by atoms with van der Waals surface area (Å²) in [5, 5.41) is 3.41. The monoisotopic (exact) mass is 257 g/mol. The van der Waals surface area contributed by atoms with Gasteiger partial charge in [0, 0.05) is 17.1 Å². The van der Waals surface area contributed by atoms with Gasteiger partial charge in [-0.3, -0.25) is 0 Å². The molecule has 0 unspecified atom stereocenters.